The van der Waals surface area contributed by atoms with Crippen LogP contribution in [0.3, 0.4) is 0 Å². The fourth-order valence-electron chi connectivity index (χ4n) is 1.44. The fourth-order valence-corrected chi connectivity index (χ4v) is 1.61. The van der Waals surface area contributed by atoms with Crippen LogP contribution >= 0.6 is 11.6 Å². The van der Waals surface area contributed by atoms with Gasteiger partial charge >= 0.3 is 0 Å². The molecule has 1 aliphatic rings. The van der Waals surface area contributed by atoms with Crippen molar-refractivity contribution in [1.29, 1.82) is 0 Å². The van der Waals surface area contributed by atoms with Crippen LogP contribution in [0.15, 0.2) is 24.3 Å². The molecule has 0 amide bonds. The van der Waals surface area contributed by atoms with Crippen molar-refractivity contribution >= 4 is 17.2 Å². The third kappa shape index (κ3) is 2.08. The van der Waals surface area contributed by atoms with Crippen LogP contribution in [0.5, 0.6) is 0 Å². The van der Waals surface area contributed by atoms with Gasteiger partial charge in [-0.25, -0.2) is 4.98 Å². The number of hydrogen-bond acceptors (Lipinski definition) is 2. The molecule has 1 aliphatic heterocycles. The molecule has 0 saturated carbocycles. The lowest BCUT2D eigenvalue weighted by molar-refractivity contribution is 0.737. The van der Waals surface area contributed by atoms with Crippen LogP contribution in [0.1, 0.15) is 12.1 Å². The Morgan fingerprint density at radius 1 is 1.38 bits per heavy atom. The van der Waals surface area contributed by atoms with Crippen molar-refractivity contribution in [2.24, 2.45) is 0 Å². The van der Waals surface area contributed by atoms with E-state index < -0.39 is 0 Å². The van der Waals surface area contributed by atoms with Crippen molar-refractivity contribution < 1.29 is 0 Å². The van der Waals surface area contributed by atoms with Gasteiger partial charge in [-0.1, -0.05) is 23.7 Å². The molecule has 0 bridgehead atoms. The van der Waals surface area contributed by atoms with Gasteiger partial charge in [0, 0.05) is 6.54 Å². The van der Waals surface area contributed by atoms with Crippen molar-refractivity contribution in [2.45, 2.75) is 6.42 Å². The molecule has 2 rings (SSSR count). The van der Waals surface area contributed by atoms with Gasteiger partial charge in [0.25, 0.3) is 0 Å². The topological polar surface area (TPSA) is 24.9 Å². The first-order valence-corrected chi connectivity index (χ1v) is 4.77. The van der Waals surface area contributed by atoms with Crippen LogP contribution in [0.25, 0.3) is 5.57 Å². The number of nitrogens with zero attached hydrogens (tertiary/aromatic N) is 1. The molecule has 2 nitrogen and oxygen atoms in total. The van der Waals surface area contributed by atoms with Crippen LogP contribution in [-0.2, 0) is 0 Å². The van der Waals surface area contributed by atoms with E-state index in [-0.39, 0.29) is 0 Å². The molecule has 0 atom stereocenters. The lowest BCUT2D eigenvalue weighted by Gasteiger charge is -2.13. The van der Waals surface area contributed by atoms with Crippen molar-refractivity contribution in [3.8, 4) is 0 Å². The highest BCUT2D eigenvalue weighted by Gasteiger charge is 2.06. The summed E-state index contributed by atoms with van der Waals surface area (Å²) in [6.45, 7) is 1.96. The minimum Gasteiger partial charge on any atom is -0.313 e. The Morgan fingerprint density at radius 2 is 2.31 bits per heavy atom. The summed E-state index contributed by atoms with van der Waals surface area (Å²) in [6, 6.07) is 5.74. The van der Waals surface area contributed by atoms with Crippen LogP contribution < -0.4 is 5.32 Å². The van der Waals surface area contributed by atoms with Gasteiger partial charge in [-0.2, -0.15) is 0 Å². The second-order valence-corrected chi connectivity index (χ2v) is 3.42. The molecule has 0 fully saturated rings. The summed E-state index contributed by atoms with van der Waals surface area (Å²) in [4.78, 5) is 4.27. The number of hydrogen-bond donors (Lipinski definition) is 1. The standard InChI is InChI=1S/C10H11ClN2/c11-10-3-1-2-9(13-10)8-4-6-12-7-5-8/h1-4,12H,5-7H2. The fraction of sp³-hybridized carbons (Fsp3) is 0.300. The van der Waals surface area contributed by atoms with Crippen LogP contribution in [0, 0.1) is 0 Å². The zero-order chi connectivity index (χ0) is 9.10. The zero-order valence-corrected chi connectivity index (χ0v) is 8.01. The summed E-state index contributed by atoms with van der Waals surface area (Å²) in [7, 11) is 0. The van der Waals surface area contributed by atoms with Gasteiger partial charge in [0.05, 0.1) is 5.69 Å². The number of pyridine rings is 1. The molecule has 1 aromatic rings. The quantitative estimate of drug-likeness (QED) is 0.693. The first-order valence-electron chi connectivity index (χ1n) is 4.39. The van der Waals surface area contributed by atoms with E-state index in [0.29, 0.717) is 5.15 Å². The van der Waals surface area contributed by atoms with E-state index in [9.17, 15) is 0 Å². The van der Waals surface area contributed by atoms with Crippen molar-refractivity contribution in [2.75, 3.05) is 13.1 Å². The van der Waals surface area contributed by atoms with Gasteiger partial charge in [-0.05, 0) is 30.7 Å². The maximum Gasteiger partial charge on any atom is 0.129 e. The zero-order valence-electron chi connectivity index (χ0n) is 7.26. The van der Waals surface area contributed by atoms with Crippen molar-refractivity contribution in [3.63, 3.8) is 0 Å². The Morgan fingerprint density at radius 3 is 3.00 bits per heavy atom. The Kier molecular flexibility index (Phi) is 2.62. The summed E-state index contributed by atoms with van der Waals surface area (Å²) < 4.78 is 0. The summed E-state index contributed by atoms with van der Waals surface area (Å²) in [5.74, 6) is 0. The van der Waals surface area contributed by atoms with Crippen molar-refractivity contribution in [1.82, 2.24) is 10.3 Å². The number of rotatable bonds is 1. The third-order valence-electron chi connectivity index (χ3n) is 2.11. The van der Waals surface area contributed by atoms with Gasteiger partial charge < -0.3 is 5.32 Å². The smallest absolute Gasteiger partial charge is 0.129 e. The highest BCUT2D eigenvalue weighted by molar-refractivity contribution is 6.29. The molecule has 1 N–H and O–H groups in total. The molecule has 0 radical (unpaired) electrons. The van der Waals surface area contributed by atoms with Gasteiger partial charge in [-0.3, -0.25) is 0 Å². The Hall–Kier alpha value is -0.860. The van der Waals surface area contributed by atoms with E-state index >= 15 is 0 Å². The lowest BCUT2D eigenvalue weighted by atomic mass is 10.1. The van der Waals surface area contributed by atoms with E-state index in [0.717, 1.165) is 25.2 Å². The van der Waals surface area contributed by atoms with Gasteiger partial charge in [0.15, 0.2) is 0 Å². The maximum absolute atomic E-state index is 5.81. The molecule has 68 valence electrons. The second-order valence-electron chi connectivity index (χ2n) is 3.03. The minimum atomic E-state index is 0.567. The first-order chi connectivity index (χ1) is 6.36. The molecule has 0 aliphatic carbocycles. The van der Waals surface area contributed by atoms with Gasteiger partial charge in [-0.15, -0.1) is 0 Å². The third-order valence-corrected chi connectivity index (χ3v) is 2.32. The van der Waals surface area contributed by atoms with E-state index in [2.05, 4.69) is 16.4 Å². The predicted octanol–water partition coefficient (Wildman–Crippen LogP) is 2.11. The largest absolute Gasteiger partial charge is 0.313 e. The first kappa shape index (κ1) is 8.73. The van der Waals surface area contributed by atoms with Crippen LogP contribution in [-0.4, -0.2) is 18.1 Å². The molecule has 2 heterocycles. The Bertz CT molecular complexity index is 333. The molecule has 0 aromatic carbocycles. The Labute approximate surface area is 82.6 Å². The summed E-state index contributed by atoms with van der Waals surface area (Å²) in [5.41, 5.74) is 2.30. The van der Waals surface area contributed by atoms with Gasteiger partial charge in [0.1, 0.15) is 5.15 Å². The highest BCUT2D eigenvalue weighted by Crippen LogP contribution is 2.18. The SMILES string of the molecule is Clc1cccc(C2=CCNCC2)n1. The highest BCUT2D eigenvalue weighted by atomic mass is 35.5. The van der Waals surface area contributed by atoms with E-state index in [1.165, 1.54) is 5.57 Å². The number of halogens is 1. The number of nitrogens with one attached hydrogen (secondary N) is 1. The summed E-state index contributed by atoms with van der Waals surface area (Å²) >= 11 is 5.81. The molecule has 0 unspecified atom stereocenters. The normalized spacial score (nSPS) is 16.8. The van der Waals surface area contributed by atoms with Crippen molar-refractivity contribution in [3.05, 3.63) is 35.1 Å². The molecule has 0 spiro atoms. The Balaban J connectivity index is 2.29. The van der Waals surface area contributed by atoms with E-state index in [4.69, 9.17) is 11.6 Å². The number of aromatic nitrogens is 1. The lowest BCUT2D eigenvalue weighted by Crippen LogP contribution is -2.20. The predicted molar refractivity (Wildman–Crippen MR) is 54.7 cm³/mol. The average Bonchev–Trinajstić information content (AvgIpc) is 2.19. The van der Waals surface area contributed by atoms with E-state index in [1.807, 2.05) is 12.1 Å². The second kappa shape index (κ2) is 3.90. The van der Waals surface area contributed by atoms with Gasteiger partial charge in [0.2, 0.25) is 0 Å². The molecule has 13 heavy (non-hydrogen) atoms. The minimum absolute atomic E-state index is 0.567. The molecule has 0 saturated heterocycles. The molecule has 1 aromatic heterocycles. The molecular formula is C10H11ClN2. The van der Waals surface area contributed by atoms with E-state index in [1.54, 1.807) is 6.07 Å². The molecule has 3 heteroatoms. The summed E-state index contributed by atoms with van der Waals surface area (Å²) in [6.07, 6.45) is 3.20. The van der Waals surface area contributed by atoms with Crippen LogP contribution in [0.4, 0.5) is 0 Å². The monoisotopic (exact) mass is 194 g/mol. The molecular weight excluding hydrogens is 184 g/mol. The maximum atomic E-state index is 5.81. The average molecular weight is 195 g/mol. The summed E-state index contributed by atoms with van der Waals surface area (Å²) in [5, 5.41) is 3.83. The van der Waals surface area contributed by atoms with Crippen LogP contribution in [0.2, 0.25) is 5.15 Å².